The Kier molecular flexibility index (Phi) is 21.0. The summed E-state index contributed by atoms with van der Waals surface area (Å²) >= 11 is 0. The topological polar surface area (TPSA) is 244 Å². The summed E-state index contributed by atoms with van der Waals surface area (Å²) in [4.78, 5) is 24.8. The quantitative estimate of drug-likeness (QED) is 0.0759. The van der Waals surface area contributed by atoms with Crippen molar-refractivity contribution in [1.29, 1.82) is 0 Å². The number of halogens is 1. The molecule has 2 amide bonds. The van der Waals surface area contributed by atoms with Crippen LogP contribution in [0.1, 0.15) is 20.7 Å². The predicted molar refractivity (Wildman–Crippen MR) is 142 cm³/mol. The number of nitrogen functional groups attached to an aromatic ring is 1. The van der Waals surface area contributed by atoms with Gasteiger partial charge in [-0.1, -0.05) is 12.1 Å². The van der Waals surface area contributed by atoms with Gasteiger partial charge in [0.15, 0.2) is 0 Å². The molecule has 0 heterocycles. The van der Waals surface area contributed by atoms with E-state index >= 15 is 0 Å². The fourth-order valence-electron chi connectivity index (χ4n) is 3.29. The first kappa shape index (κ1) is 45.1. The van der Waals surface area contributed by atoms with Crippen LogP contribution in [0.3, 0.4) is 0 Å². The maximum atomic E-state index is 14.3. The molecule has 0 spiro atoms. The zero-order valence-corrected chi connectivity index (χ0v) is 32.0. The van der Waals surface area contributed by atoms with E-state index in [9.17, 15) is 27.0 Å². The van der Waals surface area contributed by atoms with Gasteiger partial charge in [0.25, 0.3) is 11.8 Å². The third-order valence-corrected chi connectivity index (χ3v) is 5.77. The number of amides is 2. The molecule has 0 radical (unpaired) electrons. The average molecular weight is 706 g/mol. The molecule has 4 rings (SSSR count). The summed E-state index contributed by atoms with van der Waals surface area (Å²) in [5.41, 5.74) is 6.20. The third kappa shape index (κ3) is 14.9. The number of anilines is 3. The number of hydrogen-bond acceptors (Lipinski definition) is 12. The minimum atomic E-state index is -4.77. The van der Waals surface area contributed by atoms with Crippen LogP contribution in [0.15, 0.2) is 71.6 Å². The Labute approximate surface area is 325 Å². The van der Waals surface area contributed by atoms with Crippen LogP contribution >= 0.6 is 0 Å². The summed E-state index contributed by atoms with van der Waals surface area (Å²) in [6.45, 7) is 0. The van der Waals surface area contributed by atoms with Gasteiger partial charge in [0.1, 0.15) is 15.9 Å². The van der Waals surface area contributed by atoms with Crippen molar-refractivity contribution >= 4 is 71.0 Å². The number of fused-ring (bicyclic) bond motifs is 1. The van der Waals surface area contributed by atoms with Crippen LogP contribution < -0.4 is 105 Å². The van der Waals surface area contributed by atoms with Crippen LogP contribution in [0.5, 0.6) is 0 Å². The van der Waals surface area contributed by atoms with E-state index in [0.717, 1.165) is 18.2 Å². The van der Waals surface area contributed by atoms with Gasteiger partial charge in [-0.15, -0.1) is 25.3 Å². The molecule has 0 aromatic heterocycles. The first-order chi connectivity index (χ1) is 19.6. The Morgan fingerprint density at radius 3 is 1.87 bits per heavy atom. The smallest absolute Gasteiger partial charge is 0.746 e. The zero-order valence-electron chi connectivity index (χ0n) is 23.5. The van der Waals surface area contributed by atoms with Crippen molar-refractivity contribution in [2.45, 2.75) is 4.90 Å². The molecular weight excluding hydrogens is 690 g/mol. The molecule has 14 nitrogen and oxygen atoms in total. The van der Waals surface area contributed by atoms with Crippen molar-refractivity contribution in [1.82, 2.24) is 0 Å². The van der Waals surface area contributed by atoms with Crippen molar-refractivity contribution < 1.29 is 141 Å². The fraction of sp³-hybridized carbons (Fsp3) is 0. The molecule has 0 unspecified atom stereocenters. The summed E-state index contributed by atoms with van der Waals surface area (Å²) in [7, 11) is -11.0. The van der Waals surface area contributed by atoms with Crippen molar-refractivity contribution in [2.75, 3.05) is 16.4 Å². The first-order valence-corrected chi connectivity index (χ1v) is 14.1. The first-order valence-electron chi connectivity index (χ1n) is 10.7. The normalized spacial score (nSPS) is 9.56. The average Bonchev–Trinajstić information content (AvgIpc) is 2.88. The van der Waals surface area contributed by atoms with E-state index in [2.05, 4.69) is 22.8 Å². The monoisotopic (exact) mass is 705 g/mol. The molecule has 0 aliphatic carbocycles. The van der Waals surface area contributed by atoms with Crippen LogP contribution in [0, 0.1) is 17.9 Å². The van der Waals surface area contributed by atoms with Gasteiger partial charge in [0.05, 0.1) is 5.69 Å². The second-order valence-corrected chi connectivity index (χ2v) is 9.75. The molecule has 0 aliphatic heterocycles. The van der Waals surface area contributed by atoms with Gasteiger partial charge in [0.2, 0.25) is 0 Å². The van der Waals surface area contributed by atoms with E-state index < -0.39 is 53.9 Å². The van der Waals surface area contributed by atoms with Crippen LogP contribution in [0.25, 0.3) is 10.8 Å². The summed E-state index contributed by atoms with van der Waals surface area (Å²) in [6.07, 6.45) is 0. The largest absolute Gasteiger partial charge is 1.00 e. The minimum absolute atomic E-state index is 0. The van der Waals surface area contributed by atoms with E-state index in [1.165, 1.54) is 36.4 Å². The van der Waals surface area contributed by atoms with Gasteiger partial charge in [-0.3, -0.25) is 15.7 Å². The molecule has 0 saturated carbocycles. The number of carbonyl (C=O) groups excluding carboxylic acids is 2. The summed E-state index contributed by atoms with van der Waals surface area (Å²) in [5.74, 6) is -2.04. The van der Waals surface area contributed by atoms with E-state index in [-0.39, 0.29) is 122 Å². The van der Waals surface area contributed by atoms with Gasteiger partial charge < -0.3 is 39.1 Å². The van der Waals surface area contributed by atoms with Crippen molar-refractivity contribution in [3.05, 3.63) is 95.8 Å². The van der Waals surface area contributed by atoms with Crippen LogP contribution in [-0.4, -0.2) is 50.0 Å². The number of rotatable bonds is 5. The number of nitrogens with two attached hydrogens (primary N) is 1. The molecule has 0 atom stereocenters. The number of nitrogens with one attached hydrogen (secondary N) is 2. The van der Waals surface area contributed by atoms with E-state index in [0.29, 0.717) is 5.69 Å². The number of benzene rings is 4. The SMILES string of the molecule is Nc1cccc(C(=O)Nc2cc(C(=O)Nc3ccc(S(=O)(=O)[O-])c4c[c-]c[c-]c34)ccc2F)c1.O=S(=O)=O.O=S(=O)=O.[Na+].[Na+].[Na+]. The van der Waals surface area contributed by atoms with E-state index in [1.54, 1.807) is 12.1 Å². The van der Waals surface area contributed by atoms with Crippen LogP contribution in [0.2, 0.25) is 0 Å². The van der Waals surface area contributed by atoms with Gasteiger partial charge in [-0.05, 0) is 47.4 Å². The van der Waals surface area contributed by atoms with Crippen LogP contribution in [0.4, 0.5) is 21.5 Å². The summed E-state index contributed by atoms with van der Waals surface area (Å²) in [5, 5.41) is 5.22. The fourth-order valence-corrected chi connectivity index (χ4v) is 3.96. The summed E-state index contributed by atoms with van der Waals surface area (Å²) < 4.78 is 99.6. The number of carbonyl (C=O) groups is 2. The third-order valence-electron chi connectivity index (χ3n) is 4.88. The maximum absolute atomic E-state index is 14.3. The van der Waals surface area contributed by atoms with Gasteiger partial charge in [-0.25, -0.2) is 23.6 Å². The Balaban J connectivity index is 0. The van der Waals surface area contributed by atoms with Crippen molar-refractivity contribution in [3.63, 3.8) is 0 Å². The maximum Gasteiger partial charge on any atom is 1.00 e. The molecule has 0 saturated heterocycles. The minimum Gasteiger partial charge on any atom is -0.746 e. The van der Waals surface area contributed by atoms with E-state index in [4.69, 9.17) is 31.0 Å². The standard InChI is InChI=1S/C24H16FN3O5S.3Na.2O3S/c25-19-9-8-15(13-21(19)28-23(29)14-4-3-5-16(26)12-14)24(30)27-20-10-11-22(34(31,32)33)18-7-2-1-6-17(18)20;;;;2*1-4(2)3/h1,3-5,7-13H,26H2,(H,27,30)(H,28,29)(H,31,32,33);;;;;/q-2;3*+1;;/p-1. The molecule has 4 N–H and O–H groups in total. The molecule has 4 aromatic carbocycles. The molecule has 220 valence electrons. The molecule has 45 heavy (non-hydrogen) atoms. The Morgan fingerprint density at radius 2 is 1.33 bits per heavy atom. The molecule has 21 heteroatoms. The Morgan fingerprint density at radius 1 is 0.800 bits per heavy atom. The van der Waals surface area contributed by atoms with Crippen molar-refractivity contribution in [2.24, 2.45) is 0 Å². The summed E-state index contributed by atoms with van der Waals surface area (Å²) in [6, 6.07) is 19.9. The number of hydrogen-bond donors (Lipinski definition) is 3. The molecular formula is C24H15FN3Na3O11S3. The molecule has 4 aromatic rings. The van der Waals surface area contributed by atoms with Gasteiger partial charge in [0, 0.05) is 22.5 Å². The van der Waals surface area contributed by atoms with Crippen LogP contribution in [-0.2, 0) is 31.3 Å². The second-order valence-electron chi connectivity index (χ2n) is 7.59. The van der Waals surface area contributed by atoms with Gasteiger partial charge >= 0.3 is 110 Å². The molecule has 0 aliphatic rings. The Hall–Kier alpha value is -2.04. The zero-order chi connectivity index (χ0) is 31.6. The molecule has 0 bridgehead atoms. The Bertz CT molecular complexity index is 1980. The predicted octanol–water partition coefficient (Wildman–Crippen LogP) is -7.43. The van der Waals surface area contributed by atoms with Crippen molar-refractivity contribution in [3.8, 4) is 0 Å². The second kappa shape index (κ2) is 21.0. The van der Waals surface area contributed by atoms with E-state index in [1.807, 2.05) is 0 Å². The van der Waals surface area contributed by atoms with Gasteiger partial charge in [-0.2, -0.15) is 0 Å². The molecule has 0 fully saturated rings.